The average molecular weight is 169 g/mol. The van der Waals surface area contributed by atoms with Crippen molar-refractivity contribution < 1.29 is 0 Å². The highest BCUT2D eigenvalue weighted by Gasteiger charge is 2.03. The molecule has 0 amide bonds. The van der Waals surface area contributed by atoms with E-state index in [2.05, 4.69) is 28.7 Å². The zero-order chi connectivity index (χ0) is 9.72. The molecule has 0 aromatic heterocycles. The van der Waals surface area contributed by atoms with Crippen LogP contribution in [0.2, 0.25) is 0 Å². The molecule has 0 aliphatic rings. The molecular formula is C9H19N3. The van der Waals surface area contributed by atoms with Crippen molar-refractivity contribution in [2.24, 2.45) is 9.98 Å². The third-order valence-electron chi connectivity index (χ3n) is 1.93. The van der Waals surface area contributed by atoms with Crippen molar-refractivity contribution in [3.05, 3.63) is 0 Å². The van der Waals surface area contributed by atoms with E-state index < -0.39 is 0 Å². The summed E-state index contributed by atoms with van der Waals surface area (Å²) >= 11 is 0. The van der Waals surface area contributed by atoms with E-state index in [1.807, 2.05) is 20.9 Å². The lowest BCUT2D eigenvalue weighted by molar-refractivity contribution is 0.415. The van der Waals surface area contributed by atoms with Gasteiger partial charge in [-0.05, 0) is 27.7 Å². The molecule has 0 rings (SSSR count). The van der Waals surface area contributed by atoms with Crippen LogP contribution in [0.25, 0.3) is 0 Å². The lowest BCUT2D eigenvalue weighted by Crippen LogP contribution is -2.31. The Morgan fingerprint density at radius 1 is 1.25 bits per heavy atom. The van der Waals surface area contributed by atoms with Crippen LogP contribution in [0.4, 0.5) is 0 Å². The minimum atomic E-state index is 0.485. The van der Waals surface area contributed by atoms with E-state index in [0.29, 0.717) is 6.04 Å². The van der Waals surface area contributed by atoms with Gasteiger partial charge in [0.1, 0.15) is 11.7 Å². The van der Waals surface area contributed by atoms with Crippen LogP contribution in [0, 0.1) is 0 Å². The molecule has 12 heavy (non-hydrogen) atoms. The molecule has 0 saturated heterocycles. The number of rotatable bonds is 1. The molecule has 0 heterocycles. The molecule has 0 saturated carbocycles. The van der Waals surface area contributed by atoms with Crippen molar-refractivity contribution >= 4 is 11.7 Å². The Kier molecular flexibility index (Phi) is 4.55. The zero-order valence-corrected chi connectivity index (χ0v) is 8.92. The van der Waals surface area contributed by atoms with E-state index in [-0.39, 0.29) is 0 Å². The third-order valence-corrected chi connectivity index (χ3v) is 1.93. The summed E-state index contributed by atoms with van der Waals surface area (Å²) in [6.45, 7) is 8.17. The second-order valence-corrected chi connectivity index (χ2v) is 3.13. The van der Waals surface area contributed by atoms with Crippen LogP contribution in [-0.4, -0.2) is 36.7 Å². The van der Waals surface area contributed by atoms with Crippen LogP contribution >= 0.6 is 0 Å². The van der Waals surface area contributed by atoms with Crippen molar-refractivity contribution in [2.45, 2.75) is 33.7 Å². The molecular weight excluding hydrogens is 150 g/mol. The van der Waals surface area contributed by atoms with Gasteiger partial charge in [0, 0.05) is 20.1 Å². The lowest BCUT2D eigenvalue weighted by atomic mass is 10.3. The van der Waals surface area contributed by atoms with Gasteiger partial charge in [0.05, 0.1) is 0 Å². The lowest BCUT2D eigenvalue weighted by Gasteiger charge is -2.22. The Labute approximate surface area is 75.2 Å². The maximum absolute atomic E-state index is 4.31. The van der Waals surface area contributed by atoms with Gasteiger partial charge in [-0.15, -0.1) is 0 Å². The van der Waals surface area contributed by atoms with E-state index in [0.717, 1.165) is 11.7 Å². The highest BCUT2D eigenvalue weighted by molar-refractivity contribution is 5.94. The summed E-state index contributed by atoms with van der Waals surface area (Å²) in [5.74, 6) is 1.83. The maximum atomic E-state index is 4.31. The van der Waals surface area contributed by atoms with Gasteiger partial charge < -0.3 is 4.90 Å². The van der Waals surface area contributed by atoms with Gasteiger partial charge in [0.15, 0.2) is 0 Å². The van der Waals surface area contributed by atoms with Gasteiger partial charge in [0.2, 0.25) is 0 Å². The predicted octanol–water partition coefficient (Wildman–Crippen LogP) is 1.79. The van der Waals surface area contributed by atoms with E-state index in [4.69, 9.17) is 0 Å². The summed E-state index contributed by atoms with van der Waals surface area (Å²) in [6, 6.07) is 0.485. The van der Waals surface area contributed by atoms with Gasteiger partial charge in [-0.1, -0.05) is 0 Å². The Morgan fingerprint density at radius 3 is 2.08 bits per heavy atom. The average Bonchev–Trinajstić information content (AvgIpc) is 2.02. The normalized spacial score (nSPS) is 13.9. The standard InChI is InChI=1S/C9H19N3/c1-7(2)12(6)9(4)11-8(3)10-5/h7H,1-6H3. The summed E-state index contributed by atoms with van der Waals surface area (Å²) in [5.41, 5.74) is 0. The van der Waals surface area contributed by atoms with Crippen molar-refractivity contribution in [1.82, 2.24) is 4.90 Å². The first kappa shape index (κ1) is 11.1. The molecule has 0 spiro atoms. The maximum Gasteiger partial charge on any atom is 0.121 e. The van der Waals surface area contributed by atoms with Crippen LogP contribution in [0.15, 0.2) is 9.98 Å². The smallest absolute Gasteiger partial charge is 0.121 e. The number of hydrogen-bond acceptors (Lipinski definition) is 1. The van der Waals surface area contributed by atoms with Crippen molar-refractivity contribution in [3.63, 3.8) is 0 Å². The van der Waals surface area contributed by atoms with Crippen LogP contribution in [-0.2, 0) is 0 Å². The van der Waals surface area contributed by atoms with Crippen LogP contribution in [0.1, 0.15) is 27.7 Å². The molecule has 0 unspecified atom stereocenters. The minimum Gasteiger partial charge on any atom is -0.361 e. The predicted molar refractivity (Wildman–Crippen MR) is 55.0 cm³/mol. The van der Waals surface area contributed by atoms with Gasteiger partial charge in [0.25, 0.3) is 0 Å². The van der Waals surface area contributed by atoms with E-state index in [1.54, 1.807) is 7.05 Å². The molecule has 0 aromatic carbocycles. The summed E-state index contributed by atoms with van der Waals surface area (Å²) < 4.78 is 0. The Bertz CT molecular complexity index is 192. The number of amidine groups is 2. The molecule has 0 radical (unpaired) electrons. The molecule has 0 N–H and O–H groups in total. The van der Waals surface area contributed by atoms with Gasteiger partial charge >= 0.3 is 0 Å². The fraction of sp³-hybridized carbons (Fsp3) is 0.778. The van der Waals surface area contributed by atoms with Crippen molar-refractivity contribution in [2.75, 3.05) is 14.1 Å². The molecule has 0 fully saturated rings. The van der Waals surface area contributed by atoms with E-state index in [1.165, 1.54) is 0 Å². The van der Waals surface area contributed by atoms with E-state index in [9.17, 15) is 0 Å². The SMILES string of the molecule is CN=C(C)N=C(C)N(C)C(C)C. The zero-order valence-electron chi connectivity index (χ0n) is 8.92. The number of aliphatic imine (C=N–C) groups is 2. The van der Waals surface area contributed by atoms with Crippen LogP contribution in [0.3, 0.4) is 0 Å². The van der Waals surface area contributed by atoms with Gasteiger partial charge in [-0.25, -0.2) is 4.99 Å². The summed E-state index contributed by atoms with van der Waals surface area (Å²) in [5, 5.41) is 0. The molecule has 70 valence electrons. The van der Waals surface area contributed by atoms with Crippen molar-refractivity contribution in [3.8, 4) is 0 Å². The first-order valence-corrected chi connectivity index (χ1v) is 4.20. The van der Waals surface area contributed by atoms with Crippen molar-refractivity contribution in [1.29, 1.82) is 0 Å². The van der Waals surface area contributed by atoms with Crippen LogP contribution in [0.5, 0.6) is 0 Å². The van der Waals surface area contributed by atoms with Crippen LogP contribution < -0.4 is 0 Å². The molecule has 0 atom stereocenters. The molecule has 3 nitrogen and oxygen atoms in total. The molecule has 0 aliphatic heterocycles. The summed E-state index contributed by atoms with van der Waals surface area (Å²) in [7, 11) is 3.79. The van der Waals surface area contributed by atoms with E-state index >= 15 is 0 Å². The number of hydrogen-bond donors (Lipinski definition) is 0. The monoisotopic (exact) mass is 169 g/mol. The van der Waals surface area contributed by atoms with Gasteiger partial charge in [-0.2, -0.15) is 0 Å². The fourth-order valence-corrected chi connectivity index (χ4v) is 0.737. The fourth-order valence-electron chi connectivity index (χ4n) is 0.737. The van der Waals surface area contributed by atoms with Gasteiger partial charge in [-0.3, -0.25) is 4.99 Å². The Hall–Kier alpha value is -0.860. The highest BCUT2D eigenvalue weighted by Crippen LogP contribution is 1.96. The third kappa shape index (κ3) is 3.51. The topological polar surface area (TPSA) is 28.0 Å². The first-order chi connectivity index (χ1) is 5.49. The first-order valence-electron chi connectivity index (χ1n) is 4.20. The second kappa shape index (κ2) is 4.91. The second-order valence-electron chi connectivity index (χ2n) is 3.13. The molecule has 3 heteroatoms. The Morgan fingerprint density at radius 2 is 1.75 bits per heavy atom. The number of nitrogens with zero attached hydrogens (tertiary/aromatic N) is 3. The molecule has 0 bridgehead atoms. The quantitative estimate of drug-likeness (QED) is 0.434. The highest BCUT2D eigenvalue weighted by atomic mass is 15.2. The minimum absolute atomic E-state index is 0.485. The molecule has 0 aliphatic carbocycles. The summed E-state index contributed by atoms with van der Waals surface area (Å²) in [6.07, 6.45) is 0. The summed E-state index contributed by atoms with van der Waals surface area (Å²) in [4.78, 5) is 10.4. The molecule has 0 aromatic rings. The Balaban J connectivity index is 4.37. The largest absolute Gasteiger partial charge is 0.361 e.